The molecule has 0 saturated heterocycles. The molecule has 0 N–H and O–H groups in total. The van der Waals surface area contributed by atoms with E-state index in [-0.39, 0.29) is 11.9 Å². The lowest BCUT2D eigenvalue weighted by molar-refractivity contribution is -0.147. The number of hydrogen-bond donors (Lipinski definition) is 0. The number of carbonyl (C=O) groups excluding carboxylic acids is 1. The van der Waals surface area contributed by atoms with Crippen LogP contribution >= 0.6 is 0 Å². The molecule has 0 unspecified atom stereocenters. The molecule has 1 rings (SSSR count). The molecular formula is C12H22O4. The van der Waals surface area contributed by atoms with Gasteiger partial charge in [-0.3, -0.25) is 4.79 Å². The first kappa shape index (κ1) is 13.5. The van der Waals surface area contributed by atoms with Crippen LogP contribution in [0.5, 0.6) is 0 Å². The van der Waals surface area contributed by atoms with Crippen molar-refractivity contribution in [3.05, 3.63) is 0 Å². The van der Waals surface area contributed by atoms with E-state index < -0.39 is 0 Å². The van der Waals surface area contributed by atoms with Crippen molar-refractivity contribution in [2.75, 3.05) is 26.9 Å². The summed E-state index contributed by atoms with van der Waals surface area (Å²) in [6, 6.07) is 0. The van der Waals surface area contributed by atoms with Crippen LogP contribution in [0.2, 0.25) is 0 Å². The van der Waals surface area contributed by atoms with Crippen LogP contribution in [0.25, 0.3) is 0 Å². The van der Waals surface area contributed by atoms with Gasteiger partial charge in [0.25, 0.3) is 0 Å². The summed E-state index contributed by atoms with van der Waals surface area (Å²) in [5.74, 6) is 0.00417. The van der Waals surface area contributed by atoms with Crippen molar-refractivity contribution in [3.63, 3.8) is 0 Å². The van der Waals surface area contributed by atoms with Gasteiger partial charge in [-0.05, 0) is 32.6 Å². The lowest BCUT2D eigenvalue weighted by Gasteiger charge is -2.26. The molecule has 0 atom stereocenters. The Morgan fingerprint density at radius 1 is 1.19 bits per heavy atom. The van der Waals surface area contributed by atoms with Crippen LogP contribution in [0.1, 0.15) is 32.6 Å². The Hall–Kier alpha value is -0.610. The molecule has 0 heterocycles. The van der Waals surface area contributed by atoms with E-state index in [9.17, 15) is 4.79 Å². The highest BCUT2D eigenvalue weighted by Crippen LogP contribution is 2.26. The summed E-state index contributed by atoms with van der Waals surface area (Å²) in [4.78, 5) is 11.3. The SMILES string of the molecule is CCOCCOC1CCC(C(=O)OC)CC1. The molecule has 0 aromatic carbocycles. The molecule has 1 saturated carbocycles. The van der Waals surface area contributed by atoms with E-state index in [2.05, 4.69) is 0 Å². The van der Waals surface area contributed by atoms with Crippen molar-refractivity contribution in [1.29, 1.82) is 0 Å². The third-order valence-corrected chi connectivity index (χ3v) is 2.99. The van der Waals surface area contributed by atoms with Gasteiger partial charge in [0, 0.05) is 6.61 Å². The summed E-state index contributed by atoms with van der Waals surface area (Å²) in [5, 5.41) is 0. The molecule has 0 aliphatic heterocycles. The number of hydrogen-bond acceptors (Lipinski definition) is 4. The van der Waals surface area contributed by atoms with E-state index in [0.717, 1.165) is 32.3 Å². The average Bonchev–Trinajstić information content (AvgIpc) is 2.34. The van der Waals surface area contributed by atoms with Gasteiger partial charge in [-0.2, -0.15) is 0 Å². The van der Waals surface area contributed by atoms with Crippen LogP contribution in [-0.4, -0.2) is 39.0 Å². The van der Waals surface area contributed by atoms with Gasteiger partial charge in [0.05, 0.1) is 32.3 Å². The molecule has 0 spiro atoms. The Bertz CT molecular complexity index is 197. The minimum Gasteiger partial charge on any atom is -0.469 e. The first-order chi connectivity index (χ1) is 7.77. The monoisotopic (exact) mass is 230 g/mol. The highest BCUT2D eigenvalue weighted by atomic mass is 16.5. The Kier molecular flexibility index (Phi) is 6.42. The number of rotatable bonds is 6. The van der Waals surface area contributed by atoms with E-state index in [4.69, 9.17) is 14.2 Å². The number of esters is 1. The van der Waals surface area contributed by atoms with Crippen LogP contribution in [0.3, 0.4) is 0 Å². The topological polar surface area (TPSA) is 44.8 Å². The first-order valence-corrected chi connectivity index (χ1v) is 6.05. The quantitative estimate of drug-likeness (QED) is 0.515. The summed E-state index contributed by atoms with van der Waals surface area (Å²) < 4.78 is 15.6. The van der Waals surface area contributed by atoms with Crippen LogP contribution in [0, 0.1) is 5.92 Å². The zero-order chi connectivity index (χ0) is 11.8. The zero-order valence-electron chi connectivity index (χ0n) is 10.2. The van der Waals surface area contributed by atoms with E-state index >= 15 is 0 Å². The molecule has 1 aliphatic rings. The number of ether oxygens (including phenoxy) is 3. The molecule has 0 aromatic rings. The Balaban J connectivity index is 2.10. The maximum atomic E-state index is 11.3. The van der Waals surface area contributed by atoms with Crippen molar-refractivity contribution >= 4 is 5.97 Å². The summed E-state index contributed by atoms with van der Waals surface area (Å²) in [5.41, 5.74) is 0. The molecule has 4 heteroatoms. The van der Waals surface area contributed by atoms with E-state index in [1.807, 2.05) is 6.92 Å². The molecular weight excluding hydrogens is 208 g/mol. The van der Waals surface area contributed by atoms with Crippen LogP contribution in [0.4, 0.5) is 0 Å². The molecule has 1 fully saturated rings. The molecule has 1 aliphatic carbocycles. The largest absolute Gasteiger partial charge is 0.469 e. The molecule has 0 radical (unpaired) electrons. The van der Waals surface area contributed by atoms with Crippen LogP contribution < -0.4 is 0 Å². The van der Waals surface area contributed by atoms with E-state index in [0.29, 0.717) is 19.3 Å². The second kappa shape index (κ2) is 7.63. The van der Waals surface area contributed by atoms with Gasteiger partial charge in [-0.15, -0.1) is 0 Å². The third-order valence-electron chi connectivity index (χ3n) is 2.99. The summed E-state index contributed by atoms with van der Waals surface area (Å²) in [6.07, 6.45) is 3.96. The predicted octanol–water partition coefficient (Wildman–Crippen LogP) is 1.77. The summed E-state index contributed by atoms with van der Waals surface area (Å²) >= 11 is 0. The maximum Gasteiger partial charge on any atom is 0.308 e. The van der Waals surface area contributed by atoms with Gasteiger partial charge in [0.2, 0.25) is 0 Å². The van der Waals surface area contributed by atoms with Crippen LogP contribution in [-0.2, 0) is 19.0 Å². The number of methoxy groups -OCH3 is 1. The van der Waals surface area contributed by atoms with Gasteiger partial charge in [-0.25, -0.2) is 0 Å². The summed E-state index contributed by atoms with van der Waals surface area (Å²) in [6.45, 7) is 4.02. The Morgan fingerprint density at radius 3 is 2.44 bits per heavy atom. The highest BCUT2D eigenvalue weighted by molar-refractivity contribution is 5.72. The highest BCUT2D eigenvalue weighted by Gasteiger charge is 2.26. The van der Waals surface area contributed by atoms with Gasteiger partial charge in [0.1, 0.15) is 0 Å². The first-order valence-electron chi connectivity index (χ1n) is 6.05. The van der Waals surface area contributed by atoms with Crippen molar-refractivity contribution in [3.8, 4) is 0 Å². The van der Waals surface area contributed by atoms with Crippen molar-refractivity contribution in [2.45, 2.75) is 38.7 Å². The van der Waals surface area contributed by atoms with Crippen LogP contribution in [0.15, 0.2) is 0 Å². The van der Waals surface area contributed by atoms with Crippen molar-refractivity contribution < 1.29 is 19.0 Å². The standard InChI is InChI=1S/C12H22O4/c1-3-15-8-9-16-11-6-4-10(5-7-11)12(13)14-2/h10-11H,3-9H2,1-2H3. The molecule has 0 amide bonds. The van der Waals surface area contributed by atoms with Crippen molar-refractivity contribution in [1.82, 2.24) is 0 Å². The normalized spacial score (nSPS) is 25.4. The molecule has 0 bridgehead atoms. The van der Waals surface area contributed by atoms with E-state index in [1.54, 1.807) is 0 Å². The van der Waals surface area contributed by atoms with Crippen molar-refractivity contribution in [2.24, 2.45) is 5.92 Å². The van der Waals surface area contributed by atoms with Gasteiger partial charge < -0.3 is 14.2 Å². The van der Waals surface area contributed by atoms with Gasteiger partial charge in [-0.1, -0.05) is 0 Å². The fourth-order valence-corrected chi connectivity index (χ4v) is 2.05. The molecule has 16 heavy (non-hydrogen) atoms. The van der Waals surface area contributed by atoms with E-state index in [1.165, 1.54) is 7.11 Å². The predicted molar refractivity (Wildman–Crippen MR) is 60.2 cm³/mol. The Morgan fingerprint density at radius 2 is 1.88 bits per heavy atom. The van der Waals surface area contributed by atoms with Gasteiger partial charge >= 0.3 is 5.97 Å². The fourth-order valence-electron chi connectivity index (χ4n) is 2.05. The Labute approximate surface area is 97.2 Å². The lowest BCUT2D eigenvalue weighted by Crippen LogP contribution is -2.27. The second-order valence-electron chi connectivity index (χ2n) is 4.06. The third kappa shape index (κ3) is 4.49. The van der Waals surface area contributed by atoms with Gasteiger partial charge in [0.15, 0.2) is 0 Å². The fraction of sp³-hybridized carbons (Fsp3) is 0.917. The second-order valence-corrected chi connectivity index (χ2v) is 4.06. The maximum absolute atomic E-state index is 11.3. The average molecular weight is 230 g/mol. The lowest BCUT2D eigenvalue weighted by atomic mass is 9.87. The minimum absolute atomic E-state index is 0.0761. The molecule has 4 nitrogen and oxygen atoms in total. The molecule has 0 aromatic heterocycles. The smallest absolute Gasteiger partial charge is 0.308 e. The zero-order valence-corrected chi connectivity index (χ0v) is 10.2. The minimum atomic E-state index is -0.0761. The number of carbonyl (C=O) groups is 1. The molecule has 94 valence electrons. The summed E-state index contributed by atoms with van der Waals surface area (Å²) in [7, 11) is 1.45.